The molecule has 1 saturated heterocycles. The minimum atomic E-state index is 0.776. The van der Waals surface area contributed by atoms with Gasteiger partial charge in [0.15, 0.2) is 0 Å². The van der Waals surface area contributed by atoms with Gasteiger partial charge in [-0.2, -0.15) is 0 Å². The van der Waals surface area contributed by atoms with E-state index in [1.54, 1.807) is 7.11 Å². The molecule has 2 heteroatoms. The average Bonchev–Trinajstić information content (AvgIpc) is 2.73. The van der Waals surface area contributed by atoms with Crippen LogP contribution in [0.2, 0.25) is 0 Å². The highest BCUT2D eigenvalue weighted by molar-refractivity contribution is 5.27. The van der Waals surface area contributed by atoms with Crippen LogP contribution in [0.5, 0.6) is 5.75 Å². The molecule has 0 saturated carbocycles. The fourth-order valence-corrected chi connectivity index (χ4v) is 2.39. The Morgan fingerprint density at radius 3 is 2.62 bits per heavy atom. The maximum absolute atomic E-state index is 5.15. The third-order valence-corrected chi connectivity index (χ3v) is 3.54. The second-order valence-electron chi connectivity index (χ2n) is 4.63. The number of methoxy groups -OCH3 is 1. The summed E-state index contributed by atoms with van der Waals surface area (Å²) in [7, 11) is 1.71. The lowest BCUT2D eigenvalue weighted by Gasteiger charge is -2.20. The molecule has 0 radical (unpaired) electrons. The van der Waals surface area contributed by atoms with E-state index in [0.717, 1.165) is 18.2 Å². The summed E-state index contributed by atoms with van der Waals surface area (Å²) in [6.45, 7) is 4.80. The Balaban J connectivity index is 1.84. The van der Waals surface area contributed by atoms with Crippen molar-refractivity contribution in [2.75, 3.05) is 20.2 Å². The normalized spacial score (nSPS) is 21.2. The molecule has 88 valence electrons. The third-order valence-electron chi connectivity index (χ3n) is 3.54. The Kier molecular flexibility index (Phi) is 3.83. The molecular formula is C14H21NO. The van der Waals surface area contributed by atoms with Gasteiger partial charge < -0.3 is 9.64 Å². The molecule has 0 spiro atoms. The molecule has 0 amide bonds. The van der Waals surface area contributed by atoms with Gasteiger partial charge in [-0.05, 0) is 50.4 Å². The molecule has 1 aliphatic heterocycles. The molecule has 2 nitrogen and oxygen atoms in total. The quantitative estimate of drug-likeness (QED) is 0.772. The monoisotopic (exact) mass is 219 g/mol. The summed E-state index contributed by atoms with van der Waals surface area (Å²) >= 11 is 0. The van der Waals surface area contributed by atoms with Crippen LogP contribution in [0.3, 0.4) is 0 Å². The molecule has 1 aromatic carbocycles. The molecule has 0 aliphatic carbocycles. The Morgan fingerprint density at radius 1 is 1.31 bits per heavy atom. The first-order chi connectivity index (χ1) is 7.79. The lowest BCUT2D eigenvalue weighted by Crippen LogP contribution is -2.28. The number of hydrogen-bond donors (Lipinski definition) is 0. The first-order valence-electron chi connectivity index (χ1n) is 6.16. The third kappa shape index (κ3) is 2.76. The SMILES string of the molecule is COc1ccc(CCN2CCC[C@@H]2C)cc1. The molecule has 1 aromatic rings. The van der Waals surface area contributed by atoms with Crippen LogP contribution in [-0.2, 0) is 6.42 Å². The van der Waals surface area contributed by atoms with Crippen LogP contribution in [0.1, 0.15) is 25.3 Å². The van der Waals surface area contributed by atoms with Gasteiger partial charge in [0.25, 0.3) is 0 Å². The fourth-order valence-electron chi connectivity index (χ4n) is 2.39. The van der Waals surface area contributed by atoms with E-state index in [0.29, 0.717) is 0 Å². The van der Waals surface area contributed by atoms with Crippen molar-refractivity contribution in [3.05, 3.63) is 29.8 Å². The maximum atomic E-state index is 5.15. The highest BCUT2D eigenvalue weighted by atomic mass is 16.5. The maximum Gasteiger partial charge on any atom is 0.118 e. The summed E-state index contributed by atoms with van der Waals surface area (Å²) in [6.07, 6.45) is 3.88. The summed E-state index contributed by atoms with van der Waals surface area (Å²) in [4.78, 5) is 2.59. The van der Waals surface area contributed by atoms with Gasteiger partial charge in [-0.25, -0.2) is 0 Å². The summed E-state index contributed by atoms with van der Waals surface area (Å²) in [6, 6.07) is 9.20. The lowest BCUT2D eigenvalue weighted by atomic mass is 10.1. The molecule has 2 rings (SSSR count). The van der Waals surface area contributed by atoms with E-state index in [2.05, 4.69) is 24.0 Å². The van der Waals surface area contributed by atoms with Gasteiger partial charge >= 0.3 is 0 Å². The summed E-state index contributed by atoms with van der Waals surface area (Å²) in [5.74, 6) is 0.943. The summed E-state index contributed by atoms with van der Waals surface area (Å²) < 4.78 is 5.15. The second kappa shape index (κ2) is 5.35. The van der Waals surface area contributed by atoms with Crippen molar-refractivity contribution in [3.63, 3.8) is 0 Å². The minimum Gasteiger partial charge on any atom is -0.497 e. The van der Waals surface area contributed by atoms with Crippen LogP contribution in [0.4, 0.5) is 0 Å². The van der Waals surface area contributed by atoms with Crippen LogP contribution in [-0.4, -0.2) is 31.1 Å². The molecule has 1 fully saturated rings. The van der Waals surface area contributed by atoms with Crippen LogP contribution in [0, 0.1) is 0 Å². The zero-order valence-electron chi connectivity index (χ0n) is 10.3. The number of benzene rings is 1. The van der Waals surface area contributed by atoms with E-state index in [9.17, 15) is 0 Å². The Hall–Kier alpha value is -1.02. The van der Waals surface area contributed by atoms with Crippen molar-refractivity contribution in [2.45, 2.75) is 32.2 Å². The van der Waals surface area contributed by atoms with Gasteiger partial charge in [0.05, 0.1) is 7.11 Å². The summed E-state index contributed by atoms with van der Waals surface area (Å²) in [5.41, 5.74) is 1.40. The van der Waals surface area contributed by atoms with Crippen molar-refractivity contribution >= 4 is 0 Å². The topological polar surface area (TPSA) is 12.5 Å². The first-order valence-corrected chi connectivity index (χ1v) is 6.16. The fraction of sp³-hybridized carbons (Fsp3) is 0.571. The second-order valence-corrected chi connectivity index (χ2v) is 4.63. The largest absolute Gasteiger partial charge is 0.497 e. The number of ether oxygens (including phenoxy) is 1. The number of hydrogen-bond acceptors (Lipinski definition) is 2. The molecular weight excluding hydrogens is 198 g/mol. The highest BCUT2D eigenvalue weighted by Gasteiger charge is 2.19. The molecule has 1 aliphatic rings. The predicted molar refractivity (Wildman–Crippen MR) is 67.0 cm³/mol. The van der Waals surface area contributed by atoms with Gasteiger partial charge in [0, 0.05) is 12.6 Å². The van der Waals surface area contributed by atoms with Gasteiger partial charge in [-0.1, -0.05) is 12.1 Å². The van der Waals surface area contributed by atoms with E-state index in [1.807, 2.05) is 12.1 Å². The number of nitrogens with zero attached hydrogens (tertiary/aromatic N) is 1. The number of rotatable bonds is 4. The lowest BCUT2D eigenvalue weighted by molar-refractivity contribution is 0.272. The van der Waals surface area contributed by atoms with Crippen molar-refractivity contribution in [1.29, 1.82) is 0 Å². The van der Waals surface area contributed by atoms with Crippen LogP contribution in [0.15, 0.2) is 24.3 Å². The van der Waals surface area contributed by atoms with Crippen molar-refractivity contribution in [1.82, 2.24) is 4.90 Å². The zero-order chi connectivity index (χ0) is 11.4. The van der Waals surface area contributed by atoms with E-state index in [4.69, 9.17) is 4.74 Å². The van der Waals surface area contributed by atoms with Gasteiger partial charge in [-0.3, -0.25) is 0 Å². The van der Waals surface area contributed by atoms with E-state index >= 15 is 0 Å². The highest BCUT2D eigenvalue weighted by Crippen LogP contribution is 2.17. The van der Waals surface area contributed by atoms with E-state index in [-0.39, 0.29) is 0 Å². The van der Waals surface area contributed by atoms with Gasteiger partial charge in [0.2, 0.25) is 0 Å². The molecule has 0 unspecified atom stereocenters. The molecule has 1 atom stereocenters. The Bertz CT molecular complexity index is 320. The average molecular weight is 219 g/mol. The summed E-state index contributed by atoms with van der Waals surface area (Å²) in [5, 5.41) is 0. The molecule has 0 N–H and O–H groups in total. The van der Waals surface area contributed by atoms with Crippen LogP contribution in [0.25, 0.3) is 0 Å². The molecule has 0 bridgehead atoms. The molecule has 0 aromatic heterocycles. The minimum absolute atomic E-state index is 0.776. The van der Waals surface area contributed by atoms with Crippen molar-refractivity contribution in [3.8, 4) is 5.75 Å². The van der Waals surface area contributed by atoms with Crippen LogP contribution >= 0.6 is 0 Å². The smallest absolute Gasteiger partial charge is 0.118 e. The van der Waals surface area contributed by atoms with Crippen molar-refractivity contribution in [2.24, 2.45) is 0 Å². The zero-order valence-corrected chi connectivity index (χ0v) is 10.3. The van der Waals surface area contributed by atoms with Crippen molar-refractivity contribution < 1.29 is 4.74 Å². The Labute approximate surface area is 98.2 Å². The van der Waals surface area contributed by atoms with Crippen LogP contribution < -0.4 is 4.74 Å². The molecule has 1 heterocycles. The van der Waals surface area contributed by atoms with Gasteiger partial charge in [-0.15, -0.1) is 0 Å². The van der Waals surface area contributed by atoms with E-state index in [1.165, 1.54) is 31.5 Å². The first kappa shape index (κ1) is 11.5. The van der Waals surface area contributed by atoms with Gasteiger partial charge in [0.1, 0.15) is 5.75 Å². The molecule has 16 heavy (non-hydrogen) atoms. The predicted octanol–water partition coefficient (Wildman–Crippen LogP) is 2.72. The number of likely N-dealkylation sites (tertiary alicyclic amines) is 1. The Morgan fingerprint density at radius 2 is 2.06 bits per heavy atom. The standard InChI is InChI=1S/C14H21NO/c1-12-4-3-10-15(12)11-9-13-5-7-14(16-2)8-6-13/h5-8,12H,3-4,9-11H2,1-2H3/t12-/m0/s1. The van der Waals surface area contributed by atoms with E-state index < -0.39 is 0 Å².